The number of guanidine groups is 1. The number of fused-ring (bicyclic) bond motifs is 2. The molecule has 3 heterocycles. The van der Waals surface area contributed by atoms with Crippen molar-refractivity contribution in [2.45, 2.75) is 83.1 Å². The minimum Gasteiger partial charge on any atom is -0.444 e. The van der Waals surface area contributed by atoms with Crippen molar-refractivity contribution in [1.29, 1.82) is 0 Å². The molecule has 3 aliphatic rings. The molecule has 4 atom stereocenters. The van der Waals surface area contributed by atoms with Gasteiger partial charge in [-0.05, 0) is 65.2 Å². The van der Waals surface area contributed by atoms with E-state index in [1.54, 1.807) is 0 Å². The fourth-order valence-electron chi connectivity index (χ4n) is 4.35. The molecule has 7 nitrogen and oxygen atoms in total. The van der Waals surface area contributed by atoms with Crippen LogP contribution in [0.3, 0.4) is 0 Å². The Labute approximate surface area is 186 Å². The maximum atomic E-state index is 12.3. The van der Waals surface area contributed by atoms with E-state index in [1.165, 1.54) is 6.42 Å². The Kier molecular flexibility index (Phi) is 8.66. The first-order valence-electron chi connectivity index (χ1n) is 10.4. The first-order valence-corrected chi connectivity index (χ1v) is 10.4. The van der Waals surface area contributed by atoms with Crippen LogP contribution in [0.5, 0.6) is 0 Å². The minimum absolute atomic E-state index is 0. The molecule has 0 aromatic rings. The van der Waals surface area contributed by atoms with Gasteiger partial charge in [-0.25, -0.2) is 4.79 Å². The number of amides is 1. The van der Waals surface area contributed by atoms with Gasteiger partial charge in [-0.2, -0.15) is 0 Å². The number of ether oxygens (including phenoxy) is 2. The molecule has 2 N–H and O–H groups in total. The van der Waals surface area contributed by atoms with Crippen LogP contribution >= 0.6 is 24.0 Å². The van der Waals surface area contributed by atoms with Crippen molar-refractivity contribution < 1.29 is 14.3 Å². The number of halogens is 1. The van der Waals surface area contributed by atoms with Gasteiger partial charge in [0.05, 0.1) is 18.2 Å². The summed E-state index contributed by atoms with van der Waals surface area (Å²) in [5, 5.41) is 6.95. The van der Waals surface area contributed by atoms with Crippen molar-refractivity contribution in [2.24, 2.45) is 10.9 Å². The third-order valence-electron chi connectivity index (χ3n) is 5.67. The number of likely N-dealkylation sites (tertiary alicyclic amines) is 1. The molecule has 28 heavy (non-hydrogen) atoms. The van der Waals surface area contributed by atoms with Crippen molar-refractivity contribution in [3.63, 3.8) is 0 Å². The molecule has 0 aromatic heterocycles. The van der Waals surface area contributed by atoms with Crippen LogP contribution in [0.1, 0.15) is 59.3 Å². The number of carbonyl (C=O) groups is 1. The molecule has 8 heteroatoms. The zero-order valence-electron chi connectivity index (χ0n) is 17.7. The molecule has 4 unspecified atom stereocenters. The second kappa shape index (κ2) is 10.3. The average molecular weight is 508 g/mol. The van der Waals surface area contributed by atoms with E-state index in [4.69, 9.17) is 9.47 Å². The molecule has 3 aliphatic heterocycles. The Morgan fingerprint density at radius 2 is 2.07 bits per heavy atom. The summed E-state index contributed by atoms with van der Waals surface area (Å²) in [6.45, 7) is 8.17. The fourth-order valence-corrected chi connectivity index (χ4v) is 4.35. The zero-order valence-corrected chi connectivity index (χ0v) is 20.0. The number of aliphatic imine (C=N–C) groups is 1. The minimum atomic E-state index is -0.437. The molecule has 1 amide bonds. The normalized spacial score (nSPS) is 30.0. The van der Waals surface area contributed by atoms with Crippen molar-refractivity contribution in [2.75, 3.05) is 26.7 Å². The van der Waals surface area contributed by atoms with Gasteiger partial charge in [-0.3, -0.25) is 4.99 Å². The lowest BCUT2D eigenvalue weighted by atomic mass is 9.95. The fraction of sp³-hybridized carbons (Fsp3) is 0.900. The van der Waals surface area contributed by atoms with Crippen molar-refractivity contribution in [3.05, 3.63) is 0 Å². The molecule has 0 saturated carbocycles. The summed E-state index contributed by atoms with van der Waals surface area (Å²) in [5.74, 6) is 1.36. The quantitative estimate of drug-likeness (QED) is 0.347. The number of carbonyl (C=O) groups excluding carboxylic acids is 1. The van der Waals surface area contributed by atoms with Crippen molar-refractivity contribution in [3.8, 4) is 0 Å². The van der Waals surface area contributed by atoms with Crippen LogP contribution in [0.25, 0.3) is 0 Å². The van der Waals surface area contributed by atoms with E-state index in [-0.39, 0.29) is 30.1 Å². The summed E-state index contributed by atoms with van der Waals surface area (Å²) < 4.78 is 11.4. The molecule has 0 radical (unpaired) electrons. The highest BCUT2D eigenvalue weighted by atomic mass is 127. The standard InChI is InChI=1S/C20H36N4O3.HI/c1-20(2,3)27-19(25)24-11-5-6-14(13-24)9-10-22-18(21-4)23-16-12-15-7-8-17(16)26-15;/h14-17H,5-13H2,1-4H3,(H2,21,22,23);1H. The molecule has 2 bridgehead atoms. The Morgan fingerprint density at radius 1 is 1.29 bits per heavy atom. The van der Waals surface area contributed by atoms with Crippen LogP contribution < -0.4 is 10.6 Å². The topological polar surface area (TPSA) is 75.2 Å². The van der Waals surface area contributed by atoms with Crippen LogP contribution in [0, 0.1) is 5.92 Å². The van der Waals surface area contributed by atoms with E-state index in [0.717, 1.165) is 57.7 Å². The van der Waals surface area contributed by atoms with Gasteiger partial charge in [0.1, 0.15) is 5.60 Å². The highest BCUT2D eigenvalue weighted by molar-refractivity contribution is 14.0. The van der Waals surface area contributed by atoms with Crippen LogP contribution in [0.2, 0.25) is 0 Å². The van der Waals surface area contributed by atoms with Gasteiger partial charge in [0.15, 0.2) is 5.96 Å². The maximum Gasteiger partial charge on any atom is 0.410 e. The van der Waals surface area contributed by atoms with Crippen LogP contribution in [-0.4, -0.2) is 67.5 Å². The van der Waals surface area contributed by atoms with E-state index < -0.39 is 5.60 Å². The first kappa shape index (κ1) is 23.5. The highest BCUT2D eigenvalue weighted by Crippen LogP contribution is 2.34. The van der Waals surface area contributed by atoms with Gasteiger partial charge >= 0.3 is 6.09 Å². The second-order valence-electron chi connectivity index (χ2n) is 9.08. The number of piperidine rings is 1. The number of hydrogen-bond acceptors (Lipinski definition) is 4. The predicted molar refractivity (Wildman–Crippen MR) is 121 cm³/mol. The Morgan fingerprint density at radius 3 is 2.68 bits per heavy atom. The number of hydrogen-bond donors (Lipinski definition) is 2. The summed E-state index contributed by atoms with van der Waals surface area (Å²) in [5.41, 5.74) is -0.437. The SMILES string of the molecule is CN=C(NCCC1CCCN(C(=O)OC(C)(C)C)C1)NC1CC2CCC1O2.I. The molecule has 0 aromatic carbocycles. The van der Waals surface area contributed by atoms with Crippen LogP contribution in [0.4, 0.5) is 4.79 Å². The number of nitrogens with zero attached hydrogens (tertiary/aromatic N) is 2. The third-order valence-corrected chi connectivity index (χ3v) is 5.67. The van der Waals surface area contributed by atoms with Gasteiger partial charge in [0.25, 0.3) is 0 Å². The van der Waals surface area contributed by atoms with E-state index in [1.807, 2.05) is 32.7 Å². The summed E-state index contributed by atoms with van der Waals surface area (Å²) in [7, 11) is 1.81. The Balaban J connectivity index is 0.00000280. The predicted octanol–water partition coefficient (Wildman–Crippen LogP) is 3.13. The van der Waals surface area contributed by atoms with Crippen LogP contribution in [-0.2, 0) is 9.47 Å². The summed E-state index contributed by atoms with van der Waals surface area (Å²) in [4.78, 5) is 18.5. The maximum absolute atomic E-state index is 12.3. The molecular weight excluding hydrogens is 471 g/mol. The number of rotatable bonds is 4. The van der Waals surface area contributed by atoms with Gasteiger partial charge in [0, 0.05) is 26.7 Å². The van der Waals surface area contributed by atoms with Gasteiger partial charge in [-0.1, -0.05) is 0 Å². The lowest BCUT2D eigenvalue weighted by molar-refractivity contribution is 0.0162. The lowest BCUT2D eigenvalue weighted by Gasteiger charge is -2.34. The second-order valence-corrected chi connectivity index (χ2v) is 9.08. The highest BCUT2D eigenvalue weighted by Gasteiger charge is 2.41. The van der Waals surface area contributed by atoms with E-state index >= 15 is 0 Å². The average Bonchev–Trinajstić information content (AvgIpc) is 3.22. The van der Waals surface area contributed by atoms with Gasteiger partial charge < -0.3 is 25.0 Å². The van der Waals surface area contributed by atoms with Gasteiger partial charge in [0.2, 0.25) is 0 Å². The van der Waals surface area contributed by atoms with Crippen molar-refractivity contribution >= 4 is 36.0 Å². The first-order chi connectivity index (χ1) is 12.8. The molecular formula is C20H37IN4O3. The van der Waals surface area contributed by atoms with E-state index in [2.05, 4.69) is 15.6 Å². The van der Waals surface area contributed by atoms with Crippen LogP contribution in [0.15, 0.2) is 4.99 Å². The Hall–Kier alpha value is -0.770. The lowest BCUT2D eigenvalue weighted by Crippen LogP contribution is -2.48. The summed E-state index contributed by atoms with van der Waals surface area (Å²) in [6, 6.07) is 0.382. The molecule has 162 valence electrons. The third kappa shape index (κ3) is 6.64. The summed E-state index contributed by atoms with van der Waals surface area (Å²) >= 11 is 0. The zero-order chi connectivity index (χ0) is 19.4. The van der Waals surface area contributed by atoms with Gasteiger partial charge in [-0.15, -0.1) is 24.0 Å². The largest absolute Gasteiger partial charge is 0.444 e. The molecule has 3 rings (SSSR count). The Bertz CT molecular complexity index is 552. The summed E-state index contributed by atoms with van der Waals surface area (Å²) in [6.07, 6.45) is 7.25. The van der Waals surface area contributed by atoms with Crippen molar-refractivity contribution in [1.82, 2.24) is 15.5 Å². The van der Waals surface area contributed by atoms with E-state index in [9.17, 15) is 4.79 Å². The number of nitrogens with one attached hydrogen (secondary N) is 2. The molecule has 3 saturated heterocycles. The molecule has 0 spiro atoms. The van der Waals surface area contributed by atoms with E-state index in [0.29, 0.717) is 24.2 Å². The molecule has 0 aliphatic carbocycles. The molecule has 3 fully saturated rings. The smallest absolute Gasteiger partial charge is 0.410 e. The monoisotopic (exact) mass is 508 g/mol.